The fourth-order valence-electron chi connectivity index (χ4n) is 1.45. The van der Waals surface area contributed by atoms with Crippen molar-refractivity contribution in [3.05, 3.63) is 11.9 Å². The molecule has 0 aliphatic rings. The zero-order valence-corrected chi connectivity index (χ0v) is 10.3. The Morgan fingerprint density at radius 2 is 1.94 bits per heavy atom. The summed E-state index contributed by atoms with van der Waals surface area (Å²) in [6.07, 6.45) is 0.672. The topological polar surface area (TPSA) is 70.1 Å². The van der Waals surface area contributed by atoms with Crippen molar-refractivity contribution in [3.8, 4) is 0 Å². The first-order chi connectivity index (χ1) is 7.46. The van der Waals surface area contributed by atoms with Crippen molar-refractivity contribution >= 4 is 11.6 Å². The molecule has 0 aromatic carbocycles. The molecule has 0 amide bonds. The minimum atomic E-state index is -0.180. The molecule has 0 fully saturated rings. The normalized spacial score (nSPS) is 11.3. The molecule has 0 atom stereocenters. The highest BCUT2D eigenvalue weighted by molar-refractivity contribution is 5.48. The first kappa shape index (κ1) is 12.7. The fraction of sp³-hybridized carbons (Fsp3) is 0.636. The average molecular weight is 224 g/mol. The molecule has 5 heteroatoms. The largest absolute Gasteiger partial charge is 0.396 e. The van der Waals surface area contributed by atoms with Crippen molar-refractivity contribution < 1.29 is 5.11 Å². The monoisotopic (exact) mass is 224 g/mol. The summed E-state index contributed by atoms with van der Waals surface area (Å²) < 4.78 is 0. The number of nitrogens with zero attached hydrogens (tertiary/aromatic N) is 2. The van der Waals surface area contributed by atoms with Crippen molar-refractivity contribution in [2.24, 2.45) is 0 Å². The van der Waals surface area contributed by atoms with Gasteiger partial charge in [-0.05, 0) is 27.2 Å². The quantitative estimate of drug-likeness (QED) is 0.705. The lowest BCUT2D eigenvalue weighted by molar-refractivity contribution is 0.260. The van der Waals surface area contributed by atoms with Crippen LogP contribution in [0.15, 0.2) is 6.07 Å². The van der Waals surface area contributed by atoms with Gasteiger partial charge < -0.3 is 15.7 Å². The van der Waals surface area contributed by atoms with Crippen LogP contribution in [0.2, 0.25) is 0 Å². The Balaban J connectivity index is 2.84. The lowest BCUT2D eigenvalue weighted by Gasteiger charge is -2.26. The Kier molecular flexibility index (Phi) is 4.06. The molecule has 0 saturated carbocycles. The van der Waals surface area contributed by atoms with Crippen LogP contribution in [0, 0.1) is 6.92 Å². The van der Waals surface area contributed by atoms with Gasteiger partial charge in [-0.15, -0.1) is 0 Å². The third kappa shape index (κ3) is 3.66. The second kappa shape index (κ2) is 5.12. The summed E-state index contributed by atoms with van der Waals surface area (Å²) in [7, 11) is 1.82. The molecule has 0 aliphatic carbocycles. The molecule has 1 rings (SSSR count). The maximum absolute atomic E-state index is 8.95. The van der Waals surface area contributed by atoms with Crippen LogP contribution >= 0.6 is 0 Å². The molecule has 0 aliphatic heterocycles. The van der Waals surface area contributed by atoms with E-state index in [-0.39, 0.29) is 12.1 Å². The van der Waals surface area contributed by atoms with E-state index in [1.165, 1.54) is 0 Å². The Bertz CT molecular complexity index is 352. The van der Waals surface area contributed by atoms with E-state index < -0.39 is 0 Å². The maximum Gasteiger partial charge on any atom is 0.132 e. The molecular weight excluding hydrogens is 204 g/mol. The minimum Gasteiger partial charge on any atom is -0.396 e. The molecule has 0 bridgehead atoms. The van der Waals surface area contributed by atoms with Crippen molar-refractivity contribution in [1.82, 2.24) is 9.97 Å². The van der Waals surface area contributed by atoms with Crippen LogP contribution in [0.4, 0.5) is 11.6 Å². The van der Waals surface area contributed by atoms with E-state index in [2.05, 4.69) is 20.6 Å². The third-order valence-corrected chi connectivity index (χ3v) is 2.30. The van der Waals surface area contributed by atoms with Gasteiger partial charge >= 0.3 is 0 Å². The predicted molar refractivity (Wildman–Crippen MR) is 65.7 cm³/mol. The van der Waals surface area contributed by atoms with E-state index in [1.54, 1.807) is 0 Å². The Labute approximate surface area is 96.3 Å². The summed E-state index contributed by atoms with van der Waals surface area (Å²) >= 11 is 0. The third-order valence-electron chi connectivity index (χ3n) is 2.30. The van der Waals surface area contributed by atoms with E-state index in [9.17, 15) is 0 Å². The molecule has 1 aromatic heterocycles. The SMILES string of the molecule is CNc1cc(NC(C)(C)CCO)nc(C)n1. The van der Waals surface area contributed by atoms with Crippen LogP contribution in [-0.4, -0.2) is 34.3 Å². The van der Waals surface area contributed by atoms with E-state index in [0.29, 0.717) is 12.2 Å². The molecule has 0 spiro atoms. The first-order valence-corrected chi connectivity index (χ1v) is 5.39. The van der Waals surface area contributed by atoms with Gasteiger partial charge in [0.25, 0.3) is 0 Å². The Morgan fingerprint density at radius 3 is 2.50 bits per heavy atom. The van der Waals surface area contributed by atoms with E-state index in [1.807, 2.05) is 33.9 Å². The van der Waals surface area contributed by atoms with E-state index in [4.69, 9.17) is 5.11 Å². The molecule has 1 heterocycles. The molecule has 0 unspecified atom stereocenters. The second-order valence-electron chi connectivity index (χ2n) is 4.42. The highest BCUT2D eigenvalue weighted by Gasteiger charge is 2.17. The summed E-state index contributed by atoms with van der Waals surface area (Å²) in [6, 6.07) is 1.85. The molecule has 16 heavy (non-hydrogen) atoms. The predicted octanol–water partition coefficient (Wildman–Crippen LogP) is 1.40. The van der Waals surface area contributed by atoms with E-state index in [0.717, 1.165) is 11.6 Å². The number of aliphatic hydroxyl groups excluding tert-OH is 1. The van der Waals surface area contributed by atoms with Crippen LogP contribution in [0.25, 0.3) is 0 Å². The highest BCUT2D eigenvalue weighted by atomic mass is 16.3. The smallest absolute Gasteiger partial charge is 0.132 e. The lowest BCUT2D eigenvalue weighted by atomic mass is 10.0. The molecule has 0 saturated heterocycles. The summed E-state index contributed by atoms with van der Waals surface area (Å²) in [5, 5.41) is 15.2. The highest BCUT2D eigenvalue weighted by Crippen LogP contribution is 2.18. The summed E-state index contributed by atoms with van der Waals surface area (Å²) in [5.74, 6) is 2.28. The number of nitrogens with one attached hydrogen (secondary N) is 2. The van der Waals surface area contributed by atoms with Gasteiger partial charge in [-0.3, -0.25) is 0 Å². The van der Waals surface area contributed by atoms with Crippen molar-refractivity contribution in [1.29, 1.82) is 0 Å². The van der Waals surface area contributed by atoms with Crippen LogP contribution in [0.1, 0.15) is 26.1 Å². The zero-order valence-electron chi connectivity index (χ0n) is 10.3. The number of anilines is 2. The number of aryl methyl sites for hydroxylation is 1. The summed E-state index contributed by atoms with van der Waals surface area (Å²) in [4.78, 5) is 8.52. The van der Waals surface area contributed by atoms with E-state index >= 15 is 0 Å². The minimum absolute atomic E-state index is 0.156. The standard InChI is InChI=1S/C11H20N4O/c1-8-13-9(12-4)7-10(14-8)15-11(2,3)5-6-16/h7,16H,5-6H2,1-4H3,(H2,12,13,14,15). The van der Waals surface area contributed by atoms with Crippen LogP contribution < -0.4 is 10.6 Å². The number of aliphatic hydroxyl groups is 1. The van der Waals surface area contributed by atoms with Gasteiger partial charge in [0.05, 0.1) is 0 Å². The number of rotatable bonds is 5. The second-order valence-corrected chi connectivity index (χ2v) is 4.42. The summed E-state index contributed by atoms with van der Waals surface area (Å²) in [5.41, 5.74) is -0.180. The number of hydrogen-bond donors (Lipinski definition) is 3. The van der Waals surface area contributed by atoms with Crippen LogP contribution in [0.5, 0.6) is 0 Å². The number of aromatic nitrogens is 2. The van der Waals surface area contributed by atoms with Gasteiger partial charge in [-0.2, -0.15) is 0 Å². The number of hydrogen-bond acceptors (Lipinski definition) is 5. The fourth-order valence-corrected chi connectivity index (χ4v) is 1.45. The van der Waals surface area contributed by atoms with Gasteiger partial charge in [0, 0.05) is 25.3 Å². The lowest BCUT2D eigenvalue weighted by Crippen LogP contribution is -2.32. The molecule has 90 valence electrons. The summed E-state index contributed by atoms with van der Waals surface area (Å²) in [6.45, 7) is 6.06. The first-order valence-electron chi connectivity index (χ1n) is 5.39. The van der Waals surface area contributed by atoms with Crippen molar-refractivity contribution in [3.63, 3.8) is 0 Å². The van der Waals surface area contributed by atoms with Gasteiger partial charge in [0.2, 0.25) is 0 Å². The molecule has 3 N–H and O–H groups in total. The average Bonchev–Trinajstić information content (AvgIpc) is 2.15. The van der Waals surface area contributed by atoms with Crippen LogP contribution in [0.3, 0.4) is 0 Å². The van der Waals surface area contributed by atoms with Gasteiger partial charge in [-0.25, -0.2) is 9.97 Å². The Morgan fingerprint density at radius 1 is 1.31 bits per heavy atom. The van der Waals surface area contributed by atoms with Gasteiger partial charge in [0.1, 0.15) is 17.5 Å². The van der Waals surface area contributed by atoms with Crippen molar-refractivity contribution in [2.75, 3.05) is 24.3 Å². The molecule has 0 radical (unpaired) electrons. The van der Waals surface area contributed by atoms with Gasteiger partial charge in [0.15, 0.2) is 0 Å². The zero-order chi connectivity index (χ0) is 12.2. The Hall–Kier alpha value is -1.36. The van der Waals surface area contributed by atoms with Gasteiger partial charge in [-0.1, -0.05) is 0 Å². The molecular formula is C11H20N4O. The van der Waals surface area contributed by atoms with Crippen molar-refractivity contribution in [2.45, 2.75) is 32.7 Å². The van der Waals surface area contributed by atoms with Crippen LogP contribution in [-0.2, 0) is 0 Å². The maximum atomic E-state index is 8.95. The molecule has 5 nitrogen and oxygen atoms in total. The molecule has 1 aromatic rings.